The number of nitrogens with zero attached hydrogens (tertiary/aromatic N) is 5. The molecular formula is C17H15N5O3S. The molecule has 0 bridgehead atoms. The molecule has 4 heterocycles. The van der Waals surface area contributed by atoms with E-state index in [1.165, 1.54) is 18.4 Å². The minimum atomic E-state index is -0.419. The van der Waals surface area contributed by atoms with E-state index >= 15 is 0 Å². The smallest absolute Gasteiger partial charge is 0.351 e. The SMILES string of the molecule is COC(=O)c1sccc1O[C@H](C)c1ccnc2nc(-n3cccc3)nn12. The quantitative estimate of drug-likeness (QED) is 0.503. The number of thiophene rings is 1. The Kier molecular flexibility index (Phi) is 4.13. The van der Waals surface area contributed by atoms with E-state index in [0.29, 0.717) is 22.4 Å². The zero-order chi connectivity index (χ0) is 18.1. The molecule has 0 fully saturated rings. The number of ether oxygens (including phenoxy) is 2. The minimum absolute atomic E-state index is 0.377. The summed E-state index contributed by atoms with van der Waals surface area (Å²) in [6, 6.07) is 7.36. The monoisotopic (exact) mass is 369 g/mol. The third kappa shape index (κ3) is 2.82. The number of hydrogen-bond acceptors (Lipinski definition) is 7. The van der Waals surface area contributed by atoms with E-state index in [0.717, 1.165) is 5.69 Å². The topological polar surface area (TPSA) is 83.5 Å². The van der Waals surface area contributed by atoms with Crippen molar-refractivity contribution in [2.45, 2.75) is 13.0 Å². The molecule has 0 saturated carbocycles. The van der Waals surface area contributed by atoms with Gasteiger partial charge in [0.25, 0.3) is 11.7 Å². The van der Waals surface area contributed by atoms with Gasteiger partial charge in [0.15, 0.2) is 4.88 Å². The van der Waals surface area contributed by atoms with E-state index in [9.17, 15) is 4.79 Å². The molecule has 1 atom stereocenters. The van der Waals surface area contributed by atoms with Gasteiger partial charge in [0, 0.05) is 18.6 Å². The first-order chi connectivity index (χ1) is 12.7. The van der Waals surface area contributed by atoms with Crippen LogP contribution in [-0.4, -0.2) is 37.2 Å². The van der Waals surface area contributed by atoms with Crippen LogP contribution in [0.2, 0.25) is 0 Å². The first-order valence-electron chi connectivity index (χ1n) is 7.85. The van der Waals surface area contributed by atoms with E-state index in [1.807, 2.05) is 37.5 Å². The molecule has 9 heteroatoms. The molecule has 0 aliphatic heterocycles. The summed E-state index contributed by atoms with van der Waals surface area (Å²) in [7, 11) is 1.35. The van der Waals surface area contributed by atoms with E-state index in [1.54, 1.807) is 26.7 Å². The van der Waals surface area contributed by atoms with Gasteiger partial charge in [-0.2, -0.15) is 9.50 Å². The highest BCUT2D eigenvalue weighted by molar-refractivity contribution is 7.12. The average molecular weight is 369 g/mol. The molecule has 26 heavy (non-hydrogen) atoms. The van der Waals surface area contributed by atoms with Crippen LogP contribution in [-0.2, 0) is 4.74 Å². The van der Waals surface area contributed by atoms with E-state index < -0.39 is 5.97 Å². The first-order valence-corrected chi connectivity index (χ1v) is 8.73. The normalized spacial score (nSPS) is 12.2. The van der Waals surface area contributed by atoms with Crippen molar-refractivity contribution in [3.63, 3.8) is 0 Å². The zero-order valence-corrected chi connectivity index (χ0v) is 14.9. The number of esters is 1. The van der Waals surface area contributed by atoms with Gasteiger partial charge in [-0.15, -0.1) is 16.4 Å². The lowest BCUT2D eigenvalue weighted by Crippen LogP contribution is -2.11. The van der Waals surface area contributed by atoms with Gasteiger partial charge in [-0.1, -0.05) is 0 Å². The average Bonchev–Trinajstić information content (AvgIpc) is 3.39. The fourth-order valence-electron chi connectivity index (χ4n) is 2.57. The largest absolute Gasteiger partial charge is 0.483 e. The Morgan fingerprint density at radius 1 is 1.27 bits per heavy atom. The Morgan fingerprint density at radius 3 is 2.85 bits per heavy atom. The molecule has 0 aliphatic carbocycles. The van der Waals surface area contributed by atoms with Gasteiger partial charge in [-0.05, 0) is 36.6 Å². The van der Waals surface area contributed by atoms with Gasteiger partial charge < -0.3 is 9.47 Å². The van der Waals surface area contributed by atoms with E-state index in [2.05, 4.69) is 15.1 Å². The highest BCUT2D eigenvalue weighted by atomic mass is 32.1. The predicted octanol–water partition coefficient (Wildman–Crippen LogP) is 2.90. The molecule has 4 aromatic rings. The number of hydrogen-bond donors (Lipinski definition) is 0. The summed E-state index contributed by atoms with van der Waals surface area (Å²) in [5, 5.41) is 6.30. The summed E-state index contributed by atoms with van der Waals surface area (Å²) in [4.78, 5) is 20.9. The van der Waals surface area contributed by atoms with E-state index in [-0.39, 0.29) is 6.10 Å². The maximum Gasteiger partial charge on any atom is 0.351 e. The van der Waals surface area contributed by atoms with Crippen LogP contribution in [0.4, 0.5) is 0 Å². The van der Waals surface area contributed by atoms with Crippen molar-refractivity contribution >= 4 is 23.1 Å². The van der Waals surface area contributed by atoms with Crippen LogP contribution < -0.4 is 4.74 Å². The highest BCUT2D eigenvalue weighted by Gasteiger charge is 2.20. The summed E-state index contributed by atoms with van der Waals surface area (Å²) in [6.45, 7) is 1.88. The number of methoxy groups -OCH3 is 1. The van der Waals surface area contributed by atoms with Crippen molar-refractivity contribution in [2.75, 3.05) is 7.11 Å². The van der Waals surface area contributed by atoms with Crippen LogP contribution in [0.15, 0.2) is 48.2 Å². The summed E-state index contributed by atoms with van der Waals surface area (Å²) in [5.74, 6) is 1.05. The van der Waals surface area contributed by atoms with Crippen LogP contribution >= 0.6 is 11.3 Å². The molecule has 4 aromatic heterocycles. The van der Waals surface area contributed by atoms with Gasteiger partial charge in [0.1, 0.15) is 11.9 Å². The zero-order valence-electron chi connectivity index (χ0n) is 14.1. The molecule has 0 amide bonds. The summed E-state index contributed by atoms with van der Waals surface area (Å²) in [5.41, 5.74) is 0.767. The number of rotatable bonds is 5. The van der Waals surface area contributed by atoms with Gasteiger partial charge in [-0.3, -0.25) is 4.57 Å². The second-order valence-corrected chi connectivity index (χ2v) is 6.37. The van der Waals surface area contributed by atoms with E-state index in [4.69, 9.17) is 9.47 Å². The third-order valence-corrected chi connectivity index (χ3v) is 4.69. The van der Waals surface area contributed by atoms with Gasteiger partial charge in [0.2, 0.25) is 0 Å². The van der Waals surface area contributed by atoms with Crippen molar-refractivity contribution in [1.82, 2.24) is 24.1 Å². The van der Waals surface area contributed by atoms with Crippen molar-refractivity contribution in [2.24, 2.45) is 0 Å². The molecule has 0 aromatic carbocycles. The molecule has 0 unspecified atom stereocenters. The van der Waals surface area contributed by atoms with Gasteiger partial charge >= 0.3 is 5.97 Å². The minimum Gasteiger partial charge on any atom is -0.483 e. The van der Waals surface area contributed by atoms with Crippen molar-refractivity contribution < 1.29 is 14.3 Å². The van der Waals surface area contributed by atoms with Crippen LogP contribution in [0.1, 0.15) is 28.4 Å². The van der Waals surface area contributed by atoms with Gasteiger partial charge in [-0.25, -0.2) is 9.78 Å². The molecule has 8 nitrogen and oxygen atoms in total. The standard InChI is InChI=1S/C17H15N5O3S/c1-11(25-13-6-10-26-14(13)15(23)24-2)12-5-7-18-16-19-17(20-22(12)16)21-8-3-4-9-21/h3-11H,1-2H3/t11-/m1/s1. The molecule has 0 saturated heterocycles. The van der Waals surface area contributed by atoms with Crippen molar-refractivity contribution in [3.05, 3.63) is 58.8 Å². The summed E-state index contributed by atoms with van der Waals surface area (Å²) in [6.07, 6.45) is 5.01. The lowest BCUT2D eigenvalue weighted by atomic mass is 10.2. The van der Waals surface area contributed by atoms with Crippen LogP contribution in [0, 0.1) is 0 Å². The number of aromatic nitrogens is 5. The second kappa shape index (κ2) is 6.60. The van der Waals surface area contributed by atoms with Crippen LogP contribution in [0.3, 0.4) is 0 Å². The maximum atomic E-state index is 11.8. The number of carbonyl (C=O) groups excluding carboxylic acids is 1. The Morgan fingerprint density at radius 2 is 2.08 bits per heavy atom. The van der Waals surface area contributed by atoms with Gasteiger partial charge in [0.05, 0.1) is 12.8 Å². The molecule has 0 spiro atoms. The second-order valence-electron chi connectivity index (χ2n) is 5.45. The Labute approximate surface area is 152 Å². The molecule has 0 radical (unpaired) electrons. The number of fused-ring (bicyclic) bond motifs is 1. The van der Waals surface area contributed by atoms with Crippen molar-refractivity contribution in [1.29, 1.82) is 0 Å². The fourth-order valence-corrected chi connectivity index (χ4v) is 3.31. The van der Waals surface area contributed by atoms with Crippen molar-refractivity contribution in [3.8, 4) is 11.7 Å². The number of carbonyl (C=O) groups is 1. The summed E-state index contributed by atoms with van der Waals surface area (Å²) < 4.78 is 14.2. The predicted molar refractivity (Wildman–Crippen MR) is 94.8 cm³/mol. The van der Waals surface area contributed by atoms with Crippen LogP contribution in [0.5, 0.6) is 5.75 Å². The fraction of sp³-hybridized carbons (Fsp3) is 0.176. The molecule has 132 valence electrons. The Bertz CT molecular complexity index is 1050. The third-order valence-electron chi connectivity index (χ3n) is 3.81. The maximum absolute atomic E-state index is 11.8. The molecular weight excluding hydrogens is 354 g/mol. The molecule has 0 N–H and O–H groups in total. The molecule has 4 rings (SSSR count). The van der Waals surface area contributed by atoms with Crippen LogP contribution in [0.25, 0.3) is 11.7 Å². The first kappa shape index (κ1) is 16.3. The summed E-state index contributed by atoms with van der Waals surface area (Å²) >= 11 is 1.28. The molecule has 0 aliphatic rings. The lowest BCUT2D eigenvalue weighted by molar-refractivity contribution is 0.0599. The Hall–Kier alpha value is -3.20. The lowest BCUT2D eigenvalue weighted by Gasteiger charge is -2.15. The highest BCUT2D eigenvalue weighted by Crippen LogP contribution is 2.30. The Balaban J connectivity index is 1.68.